The molecular formula is C17H27N3O5S. The van der Waals surface area contributed by atoms with Gasteiger partial charge in [0.1, 0.15) is 6.10 Å². The first-order valence-electron chi connectivity index (χ1n) is 8.51. The second-order valence-corrected chi connectivity index (χ2v) is 8.49. The lowest BCUT2D eigenvalue weighted by Gasteiger charge is -2.37. The molecule has 146 valence electrons. The SMILES string of the molecule is CNC[C@@H]1Oc2c(NS(C)(=O)=O)cccc2C(=O)N([C@@H](C)CO)C[C@@H]1C. The molecule has 0 saturated carbocycles. The highest BCUT2D eigenvalue weighted by Crippen LogP contribution is 2.35. The van der Waals surface area contributed by atoms with E-state index in [-0.39, 0.29) is 47.6 Å². The Kier molecular flexibility index (Phi) is 6.48. The Morgan fingerprint density at radius 2 is 2.12 bits per heavy atom. The Morgan fingerprint density at radius 3 is 2.69 bits per heavy atom. The van der Waals surface area contributed by atoms with Crippen molar-refractivity contribution in [1.29, 1.82) is 0 Å². The largest absolute Gasteiger partial charge is 0.486 e. The number of benzene rings is 1. The van der Waals surface area contributed by atoms with Crippen LogP contribution in [0.5, 0.6) is 5.75 Å². The van der Waals surface area contributed by atoms with Crippen molar-refractivity contribution < 1.29 is 23.1 Å². The average Bonchev–Trinajstić information content (AvgIpc) is 2.56. The summed E-state index contributed by atoms with van der Waals surface area (Å²) in [7, 11) is -1.74. The summed E-state index contributed by atoms with van der Waals surface area (Å²) >= 11 is 0. The highest BCUT2D eigenvalue weighted by Gasteiger charge is 2.33. The van der Waals surface area contributed by atoms with Crippen LogP contribution in [-0.4, -0.2) is 69.5 Å². The Morgan fingerprint density at radius 1 is 1.42 bits per heavy atom. The Labute approximate surface area is 154 Å². The summed E-state index contributed by atoms with van der Waals surface area (Å²) in [5.74, 6) is -0.113. The molecule has 9 heteroatoms. The van der Waals surface area contributed by atoms with E-state index in [4.69, 9.17) is 4.74 Å². The third-order valence-corrected chi connectivity index (χ3v) is 4.98. The van der Waals surface area contributed by atoms with Gasteiger partial charge in [-0.05, 0) is 26.1 Å². The molecule has 0 aromatic heterocycles. The van der Waals surface area contributed by atoms with Gasteiger partial charge in [-0.2, -0.15) is 0 Å². The van der Waals surface area contributed by atoms with Crippen LogP contribution in [0.1, 0.15) is 24.2 Å². The second kappa shape index (κ2) is 8.24. The van der Waals surface area contributed by atoms with E-state index in [1.165, 1.54) is 0 Å². The predicted octanol–water partition coefficient (Wildman–Crippen LogP) is 0.498. The van der Waals surface area contributed by atoms with Crippen LogP contribution in [0.4, 0.5) is 5.69 Å². The van der Waals surface area contributed by atoms with Crippen LogP contribution in [0.25, 0.3) is 0 Å². The molecule has 0 spiro atoms. The molecule has 0 fully saturated rings. The first-order chi connectivity index (χ1) is 12.2. The van der Waals surface area contributed by atoms with E-state index in [2.05, 4.69) is 10.0 Å². The number of carbonyl (C=O) groups is 1. The number of hydrogen-bond donors (Lipinski definition) is 3. The van der Waals surface area contributed by atoms with E-state index in [1.807, 2.05) is 6.92 Å². The number of para-hydroxylation sites is 1. The van der Waals surface area contributed by atoms with E-state index in [9.17, 15) is 18.3 Å². The van der Waals surface area contributed by atoms with E-state index >= 15 is 0 Å². The smallest absolute Gasteiger partial charge is 0.258 e. The number of amides is 1. The molecule has 3 atom stereocenters. The summed E-state index contributed by atoms with van der Waals surface area (Å²) in [6.07, 6.45) is 0.771. The van der Waals surface area contributed by atoms with Gasteiger partial charge in [-0.3, -0.25) is 9.52 Å². The highest BCUT2D eigenvalue weighted by atomic mass is 32.2. The van der Waals surface area contributed by atoms with Crippen LogP contribution in [0.15, 0.2) is 18.2 Å². The van der Waals surface area contributed by atoms with Gasteiger partial charge in [-0.1, -0.05) is 13.0 Å². The molecule has 8 nitrogen and oxygen atoms in total. The number of ether oxygens (including phenoxy) is 1. The molecule has 0 aliphatic carbocycles. The summed E-state index contributed by atoms with van der Waals surface area (Å²) < 4.78 is 31.9. The maximum Gasteiger partial charge on any atom is 0.258 e. The minimum atomic E-state index is -3.54. The van der Waals surface area contributed by atoms with Crippen molar-refractivity contribution in [2.24, 2.45) is 5.92 Å². The summed E-state index contributed by atoms with van der Waals surface area (Å²) in [5.41, 5.74) is 0.497. The van der Waals surface area contributed by atoms with Crippen LogP contribution in [-0.2, 0) is 10.0 Å². The summed E-state index contributed by atoms with van der Waals surface area (Å²) in [6.45, 7) is 4.54. The van der Waals surface area contributed by atoms with Gasteiger partial charge in [0.15, 0.2) is 5.75 Å². The van der Waals surface area contributed by atoms with Crippen LogP contribution >= 0.6 is 0 Å². The number of carbonyl (C=O) groups excluding carboxylic acids is 1. The van der Waals surface area contributed by atoms with E-state index in [0.29, 0.717) is 13.1 Å². The number of sulfonamides is 1. The van der Waals surface area contributed by atoms with Crippen molar-refractivity contribution in [1.82, 2.24) is 10.2 Å². The predicted molar refractivity (Wildman–Crippen MR) is 100.0 cm³/mol. The molecule has 1 aromatic carbocycles. The van der Waals surface area contributed by atoms with Crippen molar-refractivity contribution in [2.75, 3.05) is 37.7 Å². The monoisotopic (exact) mass is 385 g/mol. The molecule has 1 aliphatic rings. The highest BCUT2D eigenvalue weighted by molar-refractivity contribution is 7.92. The van der Waals surface area contributed by atoms with Gasteiger partial charge in [0, 0.05) is 19.0 Å². The number of anilines is 1. The van der Waals surface area contributed by atoms with Crippen molar-refractivity contribution in [3.8, 4) is 5.75 Å². The minimum absolute atomic E-state index is 0.0279. The zero-order chi connectivity index (χ0) is 19.5. The molecule has 26 heavy (non-hydrogen) atoms. The molecule has 1 aromatic rings. The first-order valence-corrected chi connectivity index (χ1v) is 10.4. The fraction of sp³-hybridized carbons (Fsp3) is 0.588. The van der Waals surface area contributed by atoms with Crippen molar-refractivity contribution in [3.63, 3.8) is 0 Å². The molecule has 1 amide bonds. The number of hydrogen-bond acceptors (Lipinski definition) is 6. The fourth-order valence-corrected chi connectivity index (χ4v) is 3.53. The molecule has 3 N–H and O–H groups in total. The normalized spacial score (nSPS) is 22.0. The standard InChI is InChI=1S/C17H27N3O5S/c1-11-9-20(12(2)10-21)17(22)13-6-5-7-14(19-26(4,23)24)16(13)25-15(11)8-18-3/h5-7,11-12,15,18-19,21H,8-10H2,1-4H3/t11-,12-,15-/m0/s1. The summed E-state index contributed by atoms with van der Waals surface area (Å²) in [5, 5.41) is 12.6. The van der Waals surface area contributed by atoms with E-state index < -0.39 is 10.0 Å². The summed E-state index contributed by atoms with van der Waals surface area (Å²) in [4.78, 5) is 14.7. The lowest BCUT2D eigenvalue weighted by molar-refractivity contribution is 0.0417. The van der Waals surface area contributed by atoms with Crippen molar-refractivity contribution >= 4 is 21.6 Å². The van der Waals surface area contributed by atoms with Crippen LogP contribution in [0.3, 0.4) is 0 Å². The van der Waals surface area contributed by atoms with Gasteiger partial charge in [0.05, 0.1) is 30.2 Å². The maximum absolute atomic E-state index is 13.1. The van der Waals surface area contributed by atoms with Gasteiger partial charge in [0.2, 0.25) is 10.0 Å². The number of aliphatic hydroxyl groups is 1. The second-order valence-electron chi connectivity index (χ2n) is 6.74. The van der Waals surface area contributed by atoms with Crippen LogP contribution in [0, 0.1) is 5.92 Å². The number of nitrogens with one attached hydrogen (secondary N) is 2. The molecule has 0 unspecified atom stereocenters. The van der Waals surface area contributed by atoms with Crippen molar-refractivity contribution in [2.45, 2.75) is 26.0 Å². The van der Waals surface area contributed by atoms with E-state index in [1.54, 1.807) is 37.1 Å². The van der Waals surface area contributed by atoms with Gasteiger partial charge in [-0.25, -0.2) is 8.42 Å². The summed E-state index contributed by atoms with van der Waals surface area (Å²) in [6, 6.07) is 4.41. The zero-order valence-electron chi connectivity index (χ0n) is 15.5. The van der Waals surface area contributed by atoms with E-state index in [0.717, 1.165) is 6.26 Å². The zero-order valence-corrected chi connectivity index (χ0v) is 16.3. The van der Waals surface area contributed by atoms with Gasteiger partial charge in [-0.15, -0.1) is 0 Å². The lowest BCUT2D eigenvalue weighted by Crippen LogP contribution is -2.49. The molecule has 0 bridgehead atoms. The maximum atomic E-state index is 13.1. The minimum Gasteiger partial charge on any atom is -0.486 e. The van der Waals surface area contributed by atoms with Crippen LogP contribution in [0.2, 0.25) is 0 Å². The molecule has 1 aliphatic heterocycles. The third-order valence-electron chi connectivity index (χ3n) is 4.39. The topological polar surface area (TPSA) is 108 Å². The van der Waals surface area contributed by atoms with Gasteiger partial charge < -0.3 is 20.1 Å². The fourth-order valence-electron chi connectivity index (χ4n) is 2.97. The molecule has 2 rings (SSSR count). The Hall–Kier alpha value is -1.84. The molecule has 0 radical (unpaired) electrons. The number of nitrogens with zero attached hydrogens (tertiary/aromatic N) is 1. The van der Waals surface area contributed by atoms with Gasteiger partial charge in [0.25, 0.3) is 5.91 Å². The molecular weight excluding hydrogens is 358 g/mol. The average molecular weight is 385 g/mol. The number of aliphatic hydroxyl groups excluding tert-OH is 1. The van der Waals surface area contributed by atoms with Gasteiger partial charge >= 0.3 is 0 Å². The third kappa shape index (κ3) is 4.66. The van der Waals surface area contributed by atoms with Crippen molar-refractivity contribution in [3.05, 3.63) is 23.8 Å². The first kappa shape index (κ1) is 20.5. The molecule has 1 heterocycles. The number of rotatable bonds is 6. The number of fused-ring (bicyclic) bond motifs is 1. The number of likely N-dealkylation sites (N-methyl/N-ethyl adjacent to an activating group) is 1. The quantitative estimate of drug-likeness (QED) is 0.658. The molecule has 0 saturated heterocycles. The lowest BCUT2D eigenvalue weighted by atomic mass is 9.99. The Bertz CT molecular complexity index is 753. The van der Waals surface area contributed by atoms with Crippen LogP contribution < -0.4 is 14.8 Å². The Balaban J connectivity index is 2.59.